The average molecular weight is 575 g/mol. The minimum absolute atomic E-state index is 0.0000923. The van der Waals surface area contributed by atoms with Crippen LogP contribution >= 0.6 is 0 Å². The summed E-state index contributed by atoms with van der Waals surface area (Å²) in [6.07, 6.45) is 7.75. The summed E-state index contributed by atoms with van der Waals surface area (Å²) in [4.78, 5) is 26.8. The van der Waals surface area contributed by atoms with Crippen molar-refractivity contribution in [3.8, 4) is 0 Å². The van der Waals surface area contributed by atoms with Crippen molar-refractivity contribution in [2.75, 3.05) is 6.79 Å². The first kappa shape index (κ1) is 30.9. The van der Waals surface area contributed by atoms with Gasteiger partial charge in [0.1, 0.15) is 18.4 Å². The Bertz CT molecular complexity index is 985. The fraction of sp³-hybridized carbons (Fsp3) is 0.941. The molecule has 0 aromatic heterocycles. The van der Waals surface area contributed by atoms with E-state index in [4.69, 9.17) is 13.9 Å². The van der Waals surface area contributed by atoms with E-state index in [9.17, 15) is 9.59 Å². The van der Waals surface area contributed by atoms with Gasteiger partial charge in [0.25, 0.3) is 0 Å². The molecule has 5 fully saturated rings. The third kappa shape index (κ3) is 5.03. The summed E-state index contributed by atoms with van der Waals surface area (Å²) < 4.78 is 19.9. The number of fused-ring (bicyclic) bond motifs is 8. The number of hydrogen-bond donors (Lipinski definition) is 0. The number of carbonyl (C=O) groups is 2. The molecule has 5 rings (SSSR count). The highest BCUT2D eigenvalue weighted by atomic mass is 28.4. The van der Waals surface area contributed by atoms with Crippen LogP contribution in [0, 0.1) is 52.3 Å². The molecule has 0 aromatic rings. The molecule has 1 saturated heterocycles. The number of ketones is 2. The fourth-order valence-electron chi connectivity index (χ4n) is 10.2. The van der Waals surface area contributed by atoms with Crippen LogP contribution in [0.2, 0.25) is 18.1 Å². The molecule has 40 heavy (non-hydrogen) atoms. The van der Waals surface area contributed by atoms with Crippen molar-refractivity contribution < 1.29 is 23.5 Å². The van der Waals surface area contributed by atoms with Gasteiger partial charge in [-0.05, 0) is 90.7 Å². The molecule has 0 radical (unpaired) electrons. The quantitative estimate of drug-likeness (QED) is 0.290. The molecule has 0 aromatic carbocycles. The van der Waals surface area contributed by atoms with E-state index in [1.54, 1.807) is 0 Å². The minimum Gasteiger partial charge on any atom is -0.414 e. The van der Waals surface area contributed by atoms with Crippen LogP contribution in [-0.2, 0) is 23.5 Å². The Morgan fingerprint density at radius 2 is 1.65 bits per heavy atom. The van der Waals surface area contributed by atoms with Crippen LogP contribution in [0.3, 0.4) is 0 Å². The van der Waals surface area contributed by atoms with Gasteiger partial charge in [-0.1, -0.05) is 55.4 Å². The zero-order valence-corrected chi connectivity index (χ0v) is 28.2. The highest BCUT2D eigenvalue weighted by Gasteiger charge is 2.69. The van der Waals surface area contributed by atoms with Gasteiger partial charge in [0.2, 0.25) is 0 Å². The van der Waals surface area contributed by atoms with Crippen molar-refractivity contribution in [2.45, 2.75) is 143 Å². The van der Waals surface area contributed by atoms with Crippen LogP contribution in [0.25, 0.3) is 0 Å². The summed E-state index contributed by atoms with van der Waals surface area (Å²) in [5, 5.41) is 0.199. The molecular weight excluding hydrogens is 516 g/mol. The maximum atomic E-state index is 14.0. The van der Waals surface area contributed by atoms with E-state index in [1.165, 1.54) is 0 Å². The van der Waals surface area contributed by atoms with Crippen molar-refractivity contribution in [3.05, 3.63) is 0 Å². The molecule has 1 heterocycles. The van der Waals surface area contributed by atoms with Crippen LogP contribution < -0.4 is 0 Å². The highest BCUT2D eigenvalue weighted by Crippen LogP contribution is 2.69. The second kappa shape index (κ2) is 10.6. The molecule has 5 nitrogen and oxygen atoms in total. The van der Waals surface area contributed by atoms with Gasteiger partial charge in [0.15, 0.2) is 8.32 Å². The van der Waals surface area contributed by atoms with Gasteiger partial charge >= 0.3 is 0 Å². The van der Waals surface area contributed by atoms with Gasteiger partial charge in [-0.2, -0.15) is 0 Å². The summed E-state index contributed by atoms with van der Waals surface area (Å²) in [5.41, 5.74) is 0.0868. The molecule has 0 bridgehead atoms. The van der Waals surface area contributed by atoms with E-state index in [0.29, 0.717) is 55.4 Å². The van der Waals surface area contributed by atoms with E-state index in [-0.39, 0.29) is 57.9 Å². The first-order valence-corrected chi connectivity index (χ1v) is 19.4. The number of carbonyl (C=O) groups excluding carboxylic acids is 2. The zero-order valence-electron chi connectivity index (χ0n) is 27.2. The van der Waals surface area contributed by atoms with Crippen LogP contribution in [-0.4, -0.2) is 45.0 Å². The largest absolute Gasteiger partial charge is 0.414 e. The molecule has 228 valence electrons. The summed E-state index contributed by atoms with van der Waals surface area (Å²) >= 11 is 0. The van der Waals surface area contributed by atoms with Gasteiger partial charge in [0, 0.05) is 37.2 Å². The lowest BCUT2D eigenvalue weighted by molar-refractivity contribution is -0.190. The lowest BCUT2D eigenvalue weighted by atomic mass is 9.43. The predicted molar refractivity (Wildman–Crippen MR) is 161 cm³/mol. The number of ether oxygens (including phenoxy) is 2. The average Bonchev–Trinajstić information content (AvgIpc) is 3.41. The Balaban J connectivity index is 1.39. The summed E-state index contributed by atoms with van der Waals surface area (Å²) in [7, 11) is -1.86. The van der Waals surface area contributed by atoms with Crippen LogP contribution in [0.1, 0.15) is 107 Å². The molecule has 0 amide bonds. The van der Waals surface area contributed by atoms with Gasteiger partial charge in [-0.3, -0.25) is 9.59 Å². The van der Waals surface area contributed by atoms with E-state index in [2.05, 4.69) is 68.5 Å². The Morgan fingerprint density at radius 3 is 2.30 bits per heavy atom. The summed E-state index contributed by atoms with van der Waals surface area (Å²) in [6, 6.07) is 0. The van der Waals surface area contributed by atoms with Gasteiger partial charge in [0.05, 0.1) is 12.2 Å². The zero-order chi connectivity index (χ0) is 29.4. The Labute approximate surface area is 245 Å². The predicted octanol–water partition coefficient (Wildman–Crippen LogP) is 7.82. The van der Waals surface area contributed by atoms with Crippen molar-refractivity contribution in [2.24, 2.45) is 52.3 Å². The van der Waals surface area contributed by atoms with Gasteiger partial charge < -0.3 is 13.9 Å². The number of Topliss-reactive ketones (excluding diaryl/α,β-unsaturated/α-hetero) is 2. The normalized spacial score (nSPS) is 44.1. The summed E-state index contributed by atoms with van der Waals surface area (Å²) in [5.74, 6) is 2.83. The van der Waals surface area contributed by atoms with E-state index in [0.717, 1.165) is 32.1 Å². The van der Waals surface area contributed by atoms with Crippen LogP contribution in [0.15, 0.2) is 0 Å². The minimum atomic E-state index is -1.86. The maximum Gasteiger partial charge on any atom is 0.192 e. The Morgan fingerprint density at radius 1 is 1.00 bits per heavy atom. The van der Waals surface area contributed by atoms with Crippen molar-refractivity contribution in [3.63, 3.8) is 0 Å². The van der Waals surface area contributed by atoms with E-state index < -0.39 is 8.32 Å². The van der Waals surface area contributed by atoms with Crippen molar-refractivity contribution >= 4 is 19.9 Å². The molecule has 4 saturated carbocycles. The molecule has 5 aliphatic rings. The molecule has 0 spiro atoms. The number of hydrogen-bond acceptors (Lipinski definition) is 5. The van der Waals surface area contributed by atoms with Gasteiger partial charge in [-0.25, -0.2) is 0 Å². The molecule has 4 aliphatic carbocycles. The fourth-order valence-corrected chi connectivity index (χ4v) is 11.6. The smallest absolute Gasteiger partial charge is 0.192 e. The van der Waals surface area contributed by atoms with Gasteiger partial charge in [-0.15, -0.1) is 0 Å². The van der Waals surface area contributed by atoms with E-state index >= 15 is 0 Å². The Kier molecular flexibility index (Phi) is 8.15. The van der Waals surface area contributed by atoms with Crippen LogP contribution in [0.5, 0.6) is 0 Å². The second-order valence-electron chi connectivity index (χ2n) is 17.1. The molecular formula is C34H58O5Si. The first-order chi connectivity index (χ1) is 18.5. The third-order valence-electron chi connectivity index (χ3n) is 13.1. The van der Waals surface area contributed by atoms with E-state index in [1.807, 2.05) is 0 Å². The summed E-state index contributed by atoms with van der Waals surface area (Å²) in [6.45, 7) is 23.4. The van der Waals surface area contributed by atoms with Crippen LogP contribution in [0.4, 0.5) is 0 Å². The molecule has 1 unspecified atom stereocenters. The van der Waals surface area contributed by atoms with Crippen molar-refractivity contribution in [1.29, 1.82) is 0 Å². The molecule has 6 heteroatoms. The standard InChI is InChI=1S/C34H58O5Si/c1-20(2)15-22(35)16-21(3)25-18-27(36)29-28-24(12-14-34(25,29)8)33(7)13-11-23(39-40(9,10)32(4,5)6)17-26(33)30-31(28)38-19-37-30/h20-21,23-26,28-31H,11-19H2,1-10H3/t21-,23-,24+,25-,26?,28-,29+,30-,31-,33-,34-/m1/s1. The topological polar surface area (TPSA) is 61.8 Å². The monoisotopic (exact) mass is 574 g/mol. The Hall–Kier alpha value is -0.563. The lowest BCUT2D eigenvalue weighted by Crippen LogP contribution is -2.64. The third-order valence-corrected chi connectivity index (χ3v) is 17.7. The molecule has 11 atom stereocenters. The second-order valence-corrected chi connectivity index (χ2v) is 21.8. The first-order valence-electron chi connectivity index (χ1n) is 16.4. The molecule has 1 aliphatic heterocycles. The highest BCUT2D eigenvalue weighted by molar-refractivity contribution is 6.74. The number of rotatable bonds is 7. The molecule has 0 N–H and O–H groups in total. The van der Waals surface area contributed by atoms with Crippen molar-refractivity contribution in [1.82, 2.24) is 0 Å². The lowest BCUT2D eigenvalue weighted by Gasteiger charge is -2.63. The SMILES string of the molecule is CC(C)CC(=O)C[C@@H](C)[C@H]1CC(=O)[C@H]2[C@@H]3[C@H]4OCO[C@@H]4C4C[C@H](O[Si](C)(C)C(C)(C)C)CC[C@]4(C)[C@H]3CC[C@]12C. The maximum absolute atomic E-state index is 14.0.